The van der Waals surface area contributed by atoms with Crippen LogP contribution in [0.2, 0.25) is 0 Å². The third kappa shape index (κ3) is 5.27. The largest absolute Gasteiger partial charge is 0.494 e. The fourth-order valence-corrected chi connectivity index (χ4v) is 4.27. The van der Waals surface area contributed by atoms with Crippen LogP contribution in [0.15, 0.2) is 54.6 Å². The summed E-state index contributed by atoms with van der Waals surface area (Å²) in [6.45, 7) is 2.85. The van der Waals surface area contributed by atoms with Crippen molar-refractivity contribution in [2.24, 2.45) is 5.92 Å². The van der Waals surface area contributed by atoms with Crippen LogP contribution >= 0.6 is 11.3 Å². The molecule has 160 valence electrons. The minimum atomic E-state index is -0.421. The standard InChI is InChI=1S/C23H24N4O3S/c1-2-30-19-11-9-18(10-12-19)27-15-17(14-21(27)28)22(29)24-23-26-25-20(31-23)13-8-16-6-4-3-5-7-16/h3-7,9-12,17H,2,8,13-15H2,1H3,(H,24,26,29). The number of amides is 2. The van der Waals surface area contributed by atoms with Crippen molar-refractivity contribution in [1.29, 1.82) is 0 Å². The van der Waals surface area contributed by atoms with Gasteiger partial charge in [-0.25, -0.2) is 0 Å². The van der Waals surface area contributed by atoms with Crippen LogP contribution in [0.4, 0.5) is 10.8 Å². The Bertz CT molecular complexity index is 1040. The van der Waals surface area contributed by atoms with E-state index in [9.17, 15) is 9.59 Å². The third-order valence-corrected chi connectivity index (χ3v) is 6.02. The molecule has 3 aromatic rings. The van der Waals surface area contributed by atoms with E-state index >= 15 is 0 Å². The van der Waals surface area contributed by atoms with Crippen molar-refractivity contribution in [3.63, 3.8) is 0 Å². The lowest BCUT2D eigenvalue weighted by atomic mass is 10.1. The van der Waals surface area contributed by atoms with Crippen LogP contribution in [-0.4, -0.2) is 35.2 Å². The summed E-state index contributed by atoms with van der Waals surface area (Å²) in [7, 11) is 0. The quantitative estimate of drug-likeness (QED) is 0.582. The van der Waals surface area contributed by atoms with E-state index < -0.39 is 5.92 Å². The fourth-order valence-electron chi connectivity index (χ4n) is 3.53. The summed E-state index contributed by atoms with van der Waals surface area (Å²) in [5.74, 6) is 0.0694. The first-order chi connectivity index (χ1) is 15.1. The van der Waals surface area contributed by atoms with Gasteiger partial charge in [0.2, 0.25) is 16.9 Å². The van der Waals surface area contributed by atoms with Gasteiger partial charge in [-0.2, -0.15) is 0 Å². The lowest BCUT2D eigenvalue weighted by molar-refractivity contribution is -0.122. The molecule has 2 heterocycles. The van der Waals surface area contributed by atoms with E-state index in [-0.39, 0.29) is 18.2 Å². The molecule has 1 aliphatic rings. The van der Waals surface area contributed by atoms with Gasteiger partial charge in [0.1, 0.15) is 10.8 Å². The van der Waals surface area contributed by atoms with Gasteiger partial charge in [0, 0.05) is 25.1 Å². The highest BCUT2D eigenvalue weighted by atomic mass is 32.1. The molecule has 1 aromatic heterocycles. The molecule has 1 aliphatic heterocycles. The topological polar surface area (TPSA) is 84.4 Å². The van der Waals surface area contributed by atoms with Gasteiger partial charge >= 0.3 is 0 Å². The van der Waals surface area contributed by atoms with Crippen LogP contribution in [0, 0.1) is 5.92 Å². The molecule has 2 aromatic carbocycles. The molecule has 0 saturated carbocycles. The van der Waals surface area contributed by atoms with Gasteiger partial charge in [-0.15, -0.1) is 10.2 Å². The van der Waals surface area contributed by atoms with Crippen LogP contribution in [-0.2, 0) is 22.4 Å². The van der Waals surface area contributed by atoms with Crippen LogP contribution in [0.1, 0.15) is 23.9 Å². The number of aromatic nitrogens is 2. The number of nitrogens with one attached hydrogen (secondary N) is 1. The van der Waals surface area contributed by atoms with Crippen molar-refractivity contribution >= 4 is 34.0 Å². The van der Waals surface area contributed by atoms with Gasteiger partial charge in [0.25, 0.3) is 0 Å². The van der Waals surface area contributed by atoms with Crippen LogP contribution in [0.3, 0.4) is 0 Å². The molecule has 1 fully saturated rings. The van der Waals surface area contributed by atoms with E-state index in [0.717, 1.165) is 29.3 Å². The molecular formula is C23H24N4O3S. The molecule has 0 bridgehead atoms. The Hall–Kier alpha value is -3.26. The zero-order chi connectivity index (χ0) is 21.6. The van der Waals surface area contributed by atoms with Crippen molar-refractivity contribution in [2.45, 2.75) is 26.2 Å². The van der Waals surface area contributed by atoms with Gasteiger partial charge in [-0.05, 0) is 43.2 Å². The zero-order valence-electron chi connectivity index (χ0n) is 17.3. The molecule has 8 heteroatoms. The van der Waals surface area contributed by atoms with Gasteiger partial charge < -0.3 is 15.0 Å². The first kappa shape index (κ1) is 21.0. The number of rotatable bonds is 8. The molecular weight excluding hydrogens is 412 g/mol. The van der Waals surface area contributed by atoms with Crippen molar-refractivity contribution in [1.82, 2.24) is 10.2 Å². The Kier molecular flexibility index (Phi) is 6.57. The van der Waals surface area contributed by atoms with Gasteiger partial charge in [0.05, 0.1) is 12.5 Å². The SMILES string of the molecule is CCOc1ccc(N2CC(C(=O)Nc3nnc(CCc4ccccc4)s3)CC2=O)cc1. The summed E-state index contributed by atoms with van der Waals surface area (Å²) in [4.78, 5) is 26.8. The summed E-state index contributed by atoms with van der Waals surface area (Å²) in [5, 5.41) is 12.4. The molecule has 0 spiro atoms. The second-order valence-corrected chi connectivity index (χ2v) is 8.37. The number of ether oxygens (including phenoxy) is 1. The third-order valence-electron chi connectivity index (χ3n) is 5.12. The predicted molar refractivity (Wildman–Crippen MR) is 120 cm³/mol. The van der Waals surface area contributed by atoms with Gasteiger partial charge in [-0.1, -0.05) is 41.7 Å². The van der Waals surface area contributed by atoms with E-state index in [1.54, 1.807) is 4.90 Å². The summed E-state index contributed by atoms with van der Waals surface area (Å²) >= 11 is 1.38. The van der Waals surface area contributed by atoms with Crippen LogP contribution in [0.25, 0.3) is 0 Å². The Morgan fingerprint density at radius 1 is 1.13 bits per heavy atom. The lowest BCUT2D eigenvalue weighted by Crippen LogP contribution is -2.28. The normalized spacial score (nSPS) is 15.8. The summed E-state index contributed by atoms with van der Waals surface area (Å²) in [6, 6.07) is 17.5. The summed E-state index contributed by atoms with van der Waals surface area (Å²) < 4.78 is 5.44. The average Bonchev–Trinajstić information content (AvgIpc) is 3.40. The molecule has 1 atom stereocenters. The number of aryl methyl sites for hydroxylation is 2. The second-order valence-electron chi connectivity index (χ2n) is 7.31. The number of hydrogen-bond acceptors (Lipinski definition) is 6. The summed E-state index contributed by atoms with van der Waals surface area (Å²) in [5.41, 5.74) is 2.00. The molecule has 31 heavy (non-hydrogen) atoms. The van der Waals surface area contributed by atoms with Crippen molar-refractivity contribution in [3.05, 3.63) is 65.2 Å². The number of carbonyl (C=O) groups is 2. The maximum Gasteiger partial charge on any atom is 0.231 e. The maximum absolute atomic E-state index is 12.7. The average molecular weight is 437 g/mol. The highest BCUT2D eigenvalue weighted by Gasteiger charge is 2.35. The molecule has 1 unspecified atom stereocenters. The molecule has 2 amide bonds. The molecule has 0 radical (unpaired) electrons. The van der Waals surface area contributed by atoms with Crippen LogP contribution < -0.4 is 15.0 Å². The van der Waals surface area contributed by atoms with Crippen LogP contribution in [0.5, 0.6) is 5.75 Å². The lowest BCUT2D eigenvalue weighted by Gasteiger charge is -2.17. The monoisotopic (exact) mass is 436 g/mol. The molecule has 1 saturated heterocycles. The smallest absolute Gasteiger partial charge is 0.231 e. The van der Waals surface area contributed by atoms with E-state index in [1.165, 1.54) is 16.9 Å². The first-order valence-electron chi connectivity index (χ1n) is 10.3. The predicted octanol–water partition coefficient (Wildman–Crippen LogP) is 3.71. The molecule has 0 aliphatic carbocycles. The number of nitrogens with zero attached hydrogens (tertiary/aromatic N) is 3. The van der Waals surface area contributed by atoms with E-state index in [4.69, 9.17) is 4.74 Å². The minimum Gasteiger partial charge on any atom is -0.494 e. The fraction of sp³-hybridized carbons (Fsp3) is 0.304. The number of benzene rings is 2. The summed E-state index contributed by atoms with van der Waals surface area (Å²) in [6.07, 6.45) is 1.82. The number of carbonyl (C=O) groups excluding carboxylic acids is 2. The minimum absolute atomic E-state index is 0.0647. The van der Waals surface area contributed by atoms with Gasteiger partial charge in [-0.3, -0.25) is 9.59 Å². The van der Waals surface area contributed by atoms with Gasteiger partial charge in [0.15, 0.2) is 0 Å². The number of anilines is 2. The van der Waals surface area contributed by atoms with Crippen molar-refractivity contribution < 1.29 is 14.3 Å². The number of hydrogen-bond donors (Lipinski definition) is 1. The molecule has 7 nitrogen and oxygen atoms in total. The zero-order valence-corrected chi connectivity index (χ0v) is 18.1. The maximum atomic E-state index is 12.7. The highest BCUT2D eigenvalue weighted by Crippen LogP contribution is 2.28. The van der Waals surface area contributed by atoms with Crippen molar-refractivity contribution in [2.75, 3.05) is 23.4 Å². The van der Waals surface area contributed by atoms with Crippen molar-refractivity contribution in [3.8, 4) is 5.75 Å². The molecule has 4 rings (SSSR count). The Morgan fingerprint density at radius 2 is 1.90 bits per heavy atom. The Balaban J connectivity index is 1.32. The van der Waals surface area contributed by atoms with E-state index in [0.29, 0.717) is 18.3 Å². The molecule has 1 N–H and O–H groups in total. The highest BCUT2D eigenvalue weighted by molar-refractivity contribution is 7.15. The van der Waals surface area contributed by atoms with E-state index in [1.807, 2.05) is 49.4 Å². The first-order valence-corrected chi connectivity index (χ1v) is 11.1. The second kappa shape index (κ2) is 9.70. The van der Waals surface area contributed by atoms with E-state index in [2.05, 4.69) is 27.6 Å². The Morgan fingerprint density at radius 3 is 2.65 bits per heavy atom. The Labute approximate surface area is 185 Å².